The Hall–Kier alpha value is -3.20. The molecule has 0 unspecified atom stereocenters. The average molecular weight is 399 g/mol. The highest BCUT2D eigenvalue weighted by molar-refractivity contribution is 5.80. The van der Waals surface area contributed by atoms with Crippen molar-refractivity contribution in [3.8, 4) is 0 Å². The number of benzene rings is 3. The second kappa shape index (κ2) is 9.53. The van der Waals surface area contributed by atoms with Gasteiger partial charge in [0, 0.05) is 59.3 Å². The lowest BCUT2D eigenvalue weighted by atomic mass is 9.95. The third-order valence-corrected chi connectivity index (χ3v) is 5.27. The van der Waals surface area contributed by atoms with Gasteiger partial charge in [0.1, 0.15) is 0 Å². The SMILES string of the molecule is CN(C)c1ccc(C[C]=C(c2ccc(N(C)C)cc2)c2ccc(N(C)C)cc2)cc1. The molecule has 3 heteroatoms. The van der Waals surface area contributed by atoms with Crippen molar-refractivity contribution in [2.45, 2.75) is 6.42 Å². The molecule has 3 rings (SSSR count). The predicted octanol–water partition coefficient (Wildman–Crippen LogP) is 5.36. The van der Waals surface area contributed by atoms with Gasteiger partial charge in [-0.25, -0.2) is 0 Å². The molecule has 0 saturated carbocycles. The smallest absolute Gasteiger partial charge is 0.0361 e. The molecule has 0 fully saturated rings. The van der Waals surface area contributed by atoms with E-state index in [9.17, 15) is 0 Å². The number of nitrogens with zero attached hydrogens (tertiary/aromatic N) is 3. The molecule has 155 valence electrons. The molecule has 3 aromatic rings. The van der Waals surface area contributed by atoms with Crippen LogP contribution in [0.1, 0.15) is 16.7 Å². The van der Waals surface area contributed by atoms with Gasteiger partial charge in [0.25, 0.3) is 0 Å². The summed E-state index contributed by atoms with van der Waals surface area (Å²) in [6.45, 7) is 0. The van der Waals surface area contributed by atoms with Crippen molar-refractivity contribution in [1.29, 1.82) is 0 Å². The van der Waals surface area contributed by atoms with Crippen molar-refractivity contribution < 1.29 is 0 Å². The molecular weight excluding hydrogens is 366 g/mol. The van der Waals surface area contributed by atoms with Crippen molar-refractivity contribution in [2.75, 3.05) is 57.0 Å². The van der Waals surface area contributed by atoms with E-state index in [1.807, 2.05) is 0 Å². The zero-order valence-electron chi connectivity index (χ0n) is 19.0. The first-order chi connectivity index (χ1) is 14.3. The van der Waals surface area contributed by atoms with Gasteiger partial charge < -0.3 is 14.7 Å². The van der Waals surface area contributed by atoms with Crippen LogP contribution in [0.3, 0.4) is 0 Å². The monoisotopic (exact) mass is 398 g/mol. The Balaban J connectivity index is 1.94. The summed E-state index contributed by atoms with van der Waals surface area (Å²) in [6, 6.07) is 26.1. The molecule has 0 amide bonds. The molecule has 0 spiro atoms. The van der Waals surface area contributed by atoms with Gasteiger partial charge in [-0.05, 0) is 71.2 Å². The van der Waals surface area contributed by atoms with Crippen molar-refractivity contribution in [3.05, 3.63) is 95.6 Å². The molecule has 0 atom stereocenters. The van der Waals surface area contributed by atoms with Gasteiger partial charge in [-0.2, -0.15) is 0 Å². The fourth-order valence-electron chi connectivity index (χ4n) is 3.33. The third kappa shape index (κ3) is 5.24. The number of anilines is 3. The molecule has 1 radical (unpaired) electrons. The summed E-state index contributed by atoms with van der Waals surface area (Å²) >= 11 is 0. The van der Waals surface area contributed by atoms with Gasteiger partial charge in [0.2, 0.25) is 0 Å². The van der Waals surface area contributed by atoms with E-state index in [0.717, 1.165) is 12.0 Å². The predicted molar refractivity (Wildman–Crippen MR) is 132 cm³/mol. The van der Waals surface area contributed by atoms with Crippen LogP contribution in [0.25, 0.3) is 5.57 Å². The number of hydrogen-bond donors (Lipinski definition) is 0. The van der Waals surface area contributed by atoms with Crippen LogP contribution in [0, 0.1) is 6.08 Å². The summed E-state index contributed by atoms with van der Waals surface area (Å²) in [7, 11) is 12.4. The van der Waals surface area contributed by atoms with Gasteiger partial charge in [0.15, 0.2) is 0 Å². The van der Waals surface area contributed by atoms with Crippen molar-refractivity contribution >= 4 is 22.6 Å². The van der Waals surface area contributed by atoms with E-state index in [4.69, 9.17) is 0 Å². The maximum Gasteiger partial charge on any atom is 0.0361 e. The minimum absolute atomic E-state index is 0.772. The maximum atomic E-state index is 3.69. The molecule has 3 aromatic carbocycles. The molecule has 0 aromatic heterocycles. The quantitative estimate of drug-likeness (QED) is 0.530. The Morgan fingerprint density at radius 2 is 0.867 bits per heavy atom. The van der Waals surface area contributed by atoms with Gasteiger partial charge >= 0.3 is 0 Å². The molecule has 30 heavy (non-hydrogen) atoms. The first-order valence-electron chi connectivity index (χ1n) is 10.3. The van der Waals surface area contributed by atoms with Crippen LogP contribution >= 0.6 is 0 Å². The fraction of sp³-hybridized carbons (Fsp3) is 0.259. The van der Waals surface area contributed by atoms with Crippen molar-refractivity contribution in [1.82, 2.24) is 0 Å². The molecular formula is C27H32N3. The number of allylic oxidation sites excluding steroid dienone is 1. The van der Waals surface area contributed by atoms with E-state index < -0.39 is 0 Å². The van der Waals surface area contributed by atoms with E-state index in [2.05, 4.69) is 136 Å². The molecule has 0 heterocycles. The first kappa shape index (κ1) is 21.5. The molecule has 3 nitrogen and oxygen atoms in total. The average Bonchev–Trinajstić information content (AvgIpc) is 2.75. The highest BCUT2D eigenvalue weighted by Gasteiger charge is 2.08. The highest BCUT2D eigenvalue weighted by atomic mass is 15.1. The minimum atomic E-state index is 0.772. The van der Waals surface area contributed by atoms with E-state index in [-0.39, 0.29) is 0 Å². The van der Waals surface area contributed by atoms with Crippen molar-refractivity contribution in [2.24, 2.45) is 0 Å². The van der Waals surface area contributed by atoms with E-state index in [1.54, 1.807) is 0 Å². The lowest BCUT2D eigenvalue weighted by Gasteiger charge is -2.16. The molecule has 0 N–H and O–H groups in total. The van der Waals surface area contributed by atoms with E-state index in [0.29, 0.717) is 0 Å². The third-order valence-electron chi connectivity index (χ3n) is 5.27. The Bertz CT molecular complexity index is 911. The lowest BCUT2D eigenvalue weighted by Crippen LogP contribution is -2.08. The van der Waals surface area contributed by atoms with Crippen LogP contribution in [0.15, 0.2) is 72.8 Å². The van der Waals surface area contributed by atoms with Crippen LogP contribution in [0.2, 0.25) is 0 Å². The molecule has 0 bridgehead atoms. The normalized spacial score (nSPS) is 10.5. The zero-order chi connectivity index (χ0) is 21.7. The lowest BCUT2D eigenvalue weighted by molar-refractivity contribution is 1.12. The van der Waals surface area contributed by atoms with E-state index in [1.165, 1.54) is 33.8 Å². The summed E-state index contributed by atoms with van der Waals surface area (Å²) in [6.07, 6.45) is 4.46. The highest BCUT2D eigenvalue weighted by Crippen LogP contribution is 2.27. The van der Waals surface area contributed by atoms with E-state index >= 15 is 0 Å². The Kier molecular flexibility index (Phi) is 6.83. The van der Waals surface area contributed by atoms with Gasteiger partial charge in [-0.1, -0.05) is 36.4 Å². The second-order valence-corrected chi connectivity index (χ2v) is 8.17. The fourth-order valence-corrected chi connectivity index (χ4v) is 3.33. The van der Waals surface area contributed by atoms with Gasteiger partial charge in [-0.3, -0.25) is 0 Å². The number of rotatable bonds is 7. The van der Waals surface area contributed by atoms with Crippen LogP contribution in [-0.2, 0) is 6.42 Å². The second-order valence-electron chi connectivity index (χ2n) is 8.17. The Morgan fingerprint density at radius 1 is 0.533 bits per heavy atom. The first-order valence-corrected chi connectivity index (χ1v) is 10.3. The van der Waals surface area contributed by atoms with Gasteiger partial charge in [0.05, 0.1) is 0 Å². The summed E-state index contributed by atoms with van der Waals surface area (Å²) in [4.78, 5) is 6.36. The summed E-state index contributed by atoms with van der Waals surface area (Å²) in [5, 5.41) is 0. The summed E-state index contributed by atoms with van der Waals surface area (Å²) in [5.41, 5.74) is 8.36. The molecule has 0 aliphatic carbocycles. The summed E-state index contributed by atoms with van der Waals surface area (Å²) < 4.78 is 0. The van der Waals surface area contributed by atoms with Crippen LogP contribution in [-0.4, -0.2) is 42.3 Å². The largest absolute Gasteiger partial charge is 0.378 e. The Labute approximate surface area is 181 Å². The summed E-state index contributed by atoms with van der Waals surface area (Å²) in [5.74, 6) is 0. The zero-order valence-corrected chi connectivity index (χ0v) is 19.0. The molecule has 0 aliphatic rings. The van der Waals surface area contributed by atoms with Gasteiger partial charge in [-0.15, -0.1) is 0 Å². The standard InChI is InChI=1S/C27H32N3/c1-28(2)24-14-7-21(8-15-24)9-20-27(22-10-16-25(17-11-22)29(3)4)23-12-18-26(19-13-23)30(5)6/h7-8,10-19H,9H2,1-6H3. The van der Waals surface area contributed by atoms with Crippen LogP contribution < -0.4 is 14.7 Å². The molecule has 0 aliphatic heterocycles. The maximum absolute atomic E-state index is 3.69. The van der Waals surface area contributed by atoms with Crippen molar-refractivity contribution in [3.63, 3.8) is 0 Å². The minimum Gasteiger partial charge on any atom is -0.378 e. The Morgan fingerprint density at radius 3 is 1.20 bits per heavy atom. The molecule has 0 saturated heterocycles. The van der Waals surface area contributed by atoms with Crippen LogP contribution in [0.4, 0.5) is 17.1 Å². The topological polar surface area (TPSA) is 9.72 Å². The van der Waals surface area contributed by atoms with Crippen LogP contribution in [0.5, 0.6) is 0 Å². The number of hydrogen-bond acceptors (Lipinski definition) is 3.